The van der Waals surface area contributed by atoms with Crippen molar-refractivity contribution < 1.29 is 9.59 Å². The quantitative estimate of drug-likeness (QED) is 0.600. The van der Waals surface area contributed by atoms with Gasteiger partial charge in [0, 0.05) is 5.69 Å². The van der Waals surface area contributed by atoms with Crippen LogP contribution in [0.4, 0.5) is 5.69 Å². The molecule has 1 rings (SSSR count). The highest BCUT2D eigenvalue weighted by Gasteiger charge is 2.19. The van der Waals surface area contributed by atoms with E-state index in [2.05, 4.69) is 0 Å². The van der Waals surface area contributed by atoms with Crippen LogP contribution in [0.2, 0.25) is 0 Å². The fourth-order valence-electron chi connectivity index (χ4n) is 1.46. The predicted molar refractivity (Wildman–Crippen MR) is 59.4 cm³/mol. The summed E-state index contributed by atoms with van der Waals surface area (Å²) in [5, 5.41) is 0. The van der Waals surface area contributed by atoms with Crippen LogP contribution in [0.15, 0.2) is 24.3 Å². The Morgan fingerprint density at radius 1 is 1.13 bits per heavy atom. The second-order valence-electron chi connectivity index (χ2n) is 3.72. The molecule has 0 heterocycles. The number of nitrogens with two attached hydrogens (primary N) is 1. The molecule has 15 heavy (non-hydrogen) atoms. The van der Waals surface area contributed by atoms with Crippen LogP contribution in [0.1, 0.15) is 19.4 Å². The number of hydrogen-bond acceptors (Lipinski definition) is 3. The fraction of sp³-hybridized carbons (Fsp3) is 0.333. The highest BCUT2D eigenvalue weighted by Crippen LogP contribution is 2.13. The molecular formula is C12H15NO2. The Bertz CT molecular complexity index is 354. The largest absolute Gasteiger partial charge is 0.399 e. The van der Waals surface area contributed by atoms with Crippen molar-refractivity contribution in [1.82, 2.24) is 0 Å². The van der Waals surface area contributed by atoms with Gasteiger partial charge in [0.25, 0.3) is 0 Å². The molecule has 1 aromatic carbocycles. The molecule has 0 aliphatic rings. The monoisotopic (exact) mass is 205 g/mol. The van der Waals surface area contributed by atoms with Gasteiger partial charge in [0.1, 0.15) is 11.6 Å². The zero-order valence-electron chi connectivity index (χ0n) is 8.99. The molecule has 0 amide bonds. The second-order valence-corrected chi connectivity index (χ2v) is 3.72. The lowest BCUT2D eigenvalue weighted by molar-refractivity contribution is -0.130. The summed E-state index contributed by atoms with van der Waals surface area (Å²) in [5.74, 6) is -0.688. The first kappa shape index (κ1) is 11.4. The lowest BCUT2D eigenvalue weighted by Crippen LogP contribution is -2.21. The number of Topliss-reactive ketones (excluding diaryl/α,β-unsaturated/α-hetero) is 2. The molecule has 0 atom stereocenters. The van der Waals surface area contributed by atoms with Gasteiger partial charge >= 0.3 is 0 Å². The van der Waals surface area contributed by atoms with Gasteiger partial charge in [0.15, 0.2) is 0 Å². The normalized spacial score (nSPS) is 10.3. The van der Waals surface area contributed by atoms with Crippen LogP contribution < -0.4 is 5.73 Å². The van der Waals surface area contributed by atoms with Crippen LogP contribution in [0, 0.1) is 5.92 Å². The Hall–Kier alpha value is -1.64. The molecule has 80 valence electrons. The van der Waals surface area contributed by atoms with Crippen molar-refractivity contribution in [3.8, 4) is 0 Å². The minimum absolute atomic E-state index is 0.0840. The van der Waals surface area contributed by atoms with Gasteiger partial charge in [-0.2, -0.15) is 0 Å². The summed E-state index contributed by atoms with van der Waals surface area (Å²) in [6.07, 6.45) is 0.463. The van der Waals surface area contributed by atoms with Crippen molar-refractivity contribution in [1.29, 1.82) is 0 Å². The second kappa shape index (κ2) is 4.73. The average Bonchev–Trinajstić information content (AvgIpc) is 2.15. The van der Waals surface area contributed by atoms with Crippen molar-refractivity contribution >= 4 is 17.3 Å². The molecule has 0 saturated heterocycles. The van der Waals surface area contributed by atoms with E-state index in [4.69, 9.17) is 5.73 Å². The average molecular weight is 205 g/mol. The van der Waals surface area contributed by atoms with Crippen LogP contribution in [0.3, 0.4) is 0 Å². The van der Waals surface area contributed by atoms with Crippen molar-refractivity contribution in [2.45, 2.75) is 20.3 Å². The van der Waals surface area contributed by atoms with Crippen molar-refractivity contribution in [2.75, 3.05) is 5.73 Å². The van der Waals surface area contributed by atoms with Crippen LogP contribution in [0.25, 0.3) is 0 Å². The highest BCUT2D eigenvalue weighted by atomic mass is 16.1. The minimum atomic E-state index is -0.520. The van der Waals surface area contributed by atoms with Gasteiger partial charge in [-0.25, -0.2) is 0 Å². The molecule has 0 bridgehead atoms. The number of anilines is 1. The van der Waals surface area contributed by atoms with E-state index < -0.39 is 5.92 Å². The maximum atomic E-state index is 11.2. The zero-order valence-corrected chi connectivity index (χ0v) is 8.99. The first-order valence-corrected chi connectivity index (χ1v) is 4.86. The number of carbonyl (C=O) groups is 2. The SMILES string of the molecule is CC(=O)C(Cc1ccc(N)cc1)C(C)=O. The molecule has 0 aliphatic carbocycles. The number of carbonyl (C=O) groups excluding carboxylic acids is 2. The third kappa shape index (κ3) is 3.20. The Kier molecular flexibility index (Phi) is 3.61. The molecule has 1 aromatic rings. The summed E-state index contributed by atoms with van der Waals surface area (Å²) in [4.78, 5) is 22.4. The Morgan fingerprint density at radius 2 is 1.60 bits per heavy atom. The van der Waals surface area contributed by atoms with E-state index >= 15 is 0 Å². The maximum Gasteiger partial charge on any atom is 0.140 e. The third-order valence-corrected chi connectivity index (χ3v) is 2.40. The van der Waals surface area contributed by atoms with Gasteiger partial charge in [0.05, 0.1) is 5.92 Å². The van der Waals surface area contributed by atoms with E-state index in [9.17, 15) is 9.59 Å². The number of rotatable bonds is 4. The fourth-order valence-corrected chi connectivity index (χ4v) is 1.46. The number of benzene rings is 1. The van der Waals surface area contributed by atoms with Crippen LogP contribution in [-0.4, -0.2) is 11.6 Å². The molecule has 0 aliphatic heterocycles. The first-order chi connectivity index (χ1) is 7.00. The van der Waals surface area contributed by atoms with Crippen molar-refractivity contribution in [3.05, 3.63) is 29.8 Å². The number of ketones is 2. The van der Waals surface area contributed by atoms with E-state index in [1.807, 2.05) is 12.1 Å². The molecular weight excluding hydrogens is 190 g/mol. The summed E-state index contributed by atoms with van der Waals surface area (Å²) in [6.45, 7) is 2.90. The maximum absolute atomic E-state index is 11.2. The molecule has 0 saturated carbocycles. The van der Waals surface area contributed by atoms with Gasteiger partial charge < -0.3 is 5.73 Å². The van der Waals surface area contributed by atoms with Gasteiger partial charge in [-0.05, 0) is 38.0 Å². The predicted octanol–water partition coefficient (Wildman–Crippen LogP) is 1.61. The molecule has 3 heteroatoms. The summed E-state index contributed by atoms with van der Waals surface area (Å²) in [5.41, 5.74) is 7.18. The molecule has 2 N–H and O–H groups in total. The Labute approximate surface area is 89.3 Å². The topological polar surface area (TPSA) is 60.2 Å². The van der Waals surface area contributed by atoms with E-state index in [-0.39, 0.29) is 11.6 Å². The molecule has 0 fully saturated rings. The van der Waals surface area contributed by atoms with Crippen LogP contribution in [0.5, 0.6) is 0 Å². The van der Waals surface area contributed by atoms with Crippen molar-refractivity contribution in [3.63, 3.8) is 0 Å². The standard InChI is InChI=1S/C12H15NO2/c1-8(14)12(9(2)15)7-10-3-5-11(13)6-4-10/h3-6,12H,7,13H2,1-2H3. The molecule has 0 radical (unpaired) electrons. The Morgan fingerprint density at radius 3 is 2.00 bits per heavy atom. The minimum Gasteiger partial charge on any atom is -0.399 e. The van der Waals surface area contributed by atoms with E-state index in [0.29, 0.717) is 12.1 Å². The van der Waals surface area contributed by atoms with Gasteiger partial charge in [0.2, 0.25) is 0 Å². The third-order valence-electron chi connectivity index (χ3n) is 2.40. The highest BCUT2D eigenvalue weighted by molar-refractivity contribution is 6.00. The summed E-state index contributed by atoms with van der Waals surface area (Å²) >= 11 is 0. The summed E-state index contributed by atoms with van der Waals surface area (Å²) in [7, 11) is 0. The number of nitrogen functional groups attached to an aromatic ring is 1. The zero-order chi connectivity index (χ0) is 11.4. The molecule has 0 aromatic heterocycles. The molecule has 0 spiro atoms. The number of hydrogen-bond donors (Lipinski definition) is 1. The van der Waals surface area contributed by atoms with Gasteiger partial charge in [-0.15, -0.1) is 0 Å². The summed E-state index contributed by atoms with van der Waals surface area (Å²) < 4.78 is 0. The molecule has 0 unspecified atom stereocenters. The van der Waals surface area contributed by atoms with Crippen LogP contribution in [-0.2, 0) is 16.0 Å². The lowest BCUT2D eigenvalue weighted by atomic mass is 9.93. The molecule has 3 nitrogen and oxygen atoms in total. The van der Waals surface area contributed by atoms with E-state index in [1.165, 1.54) is 13.8 Å². The van der Waals surface area contributed by atoms with Crippen LogP contribution >= 0.6 is 0 Å². The van der Waals surface area contributed by atoms with E-state index in [0.717, 1.165) is 5.56 Å². The van der Waals surface area contributed by atoms with Gasteiger partial charge in [-0.1, -0.05) is 12.1 Å². The lowest BCUT2D eigenvalue weighted by Gasteiger charge is -2.09. The van der Waals surface area contributed by atoms with Crippen molar-refractivity contribution in [2.24, 2.45) is 5.92 Å². The van der Waals surface area contributed by atoms with E-state index in [1.54, 1.807) is 12.1 Å². The van der Waals surface area contributed by atoms with Gasteiger partial charge in [-0.3, -0.25) is 9.59 Å². The Balaban J connectivity index is 2.79. The smallest absolute Gasteiger partial charge is 0.140 e. The summed E-state index contributed by atoms with van der Waals surface area (Å²) in [6, 6.07) is 7.22. The first-order valence-electron chi connectivity index (χ1n) is 4.86.